The molecular weight excluding hydrogens is 270 g/mol. The number of benzene rings is 1. The Morgan fingerprint density at radius 3 is 2.81 bits per heavy atom. The van der Waals surface area contributed by atoms with Gasteiger partial charge in [0.2, 0.25) is 5.91 Å². The molecule has 0 aromatic heterocycles. The van der Waals surface area contributed by atoms with Gasteiger partial charge in [-0.2, -0.15) is 0 Å². The lowest BCUT2D eigenvalue weighted by Gasteiger charge is -2.07. The number of carboxylic acid groups (broad SMARTS) is 1. The average molecular weight is 291 g/mol. The molecule has 1 aliphatic carbocycles. The number of carbonyl (C=O) groups is 2. The number of hydrogen-bond acceptors (Lipinski definition) is 3. The van der Waals surface area contributed by atoms with E-state index in [0.29, 0.717) is 31.1 Å². The number of carbonyl (C=O) groups excluding carboxylic acids is 1. The van der Waals surface area contributed by atoms with Crippen molar-refractivity contribution in [2.24, 2.45) is 5.92 Å². The number of hydrogen-bond donors (Lipinski definition) is 2. The summed E-state index contributed by atoms with van der Waals surface area (Å²) in [6, 6.07) is 7.28. The smallest absolute Gasteiger partial charge is 0.303 e. The third-order valence-corrected chi connectivity index (χ3v) is 3.36. The minimum atomic E-state index is -0.822. The van der Waals surface area contributed by atoms with Crippen molar-refractivity contribution >= 4 is 17.6 Å². The van der Waals surface area contributed by atoms with Crippen LogP contribution < -0.4 is 5.32 Å². The van der Waals surface area contributed by atoms with Crippen LogP contribution in [0.15, 0.2) is 24.3 Å². The molecule has 2 rings (SSSR count). The molecule has 0 bridgehead atoms. The van der Waals surface area contributed by atoms with E-state index in [1.165, 1.54) is 12.8 Å². The topological polar surface area (TPSA) is 75.6 Å². The van der Waals surface area contributed by atoms with Crippen LogP contribution in [0.25, 0.3) is 0 Å². The Morgan fingerprint density at radius 2 is 2.10 bits per heavy atom. The second-order valence-corrected chi connectivity index (χ2v) is 5.41. The monoisotopic (exact) mass is 291 g/mol. The van der Waals surface area contributed by atoms with E-state index < -0.39 is 5.97 Å². The van der Waals surface area contributed by atoms with Crippen molar-refractivity contribution in [2.75, 3.05) is 18.5 Å². The second kappa shape index (κ2) is 7.78. The van der Waals surface area contributed by atoms with Crippen LogP contribution in [0, 0.1) is 5.92 Å². The first-order valence-electron chi connectivity index (χ1n) is 7.32. The Morgan fingerprint density at radius 1 is 1.29 bits per heavy atom. The predicted molar refractivity (Wildman–Crippen MR) is 79.2 cm³/mol. The highest BCUT2D eigenvalue weighted by atomic mass is 16.5. The fourth-order valence-corrected chi connectivity index (χ4v) is 1.98. The van der Waals surface area contributed by atoms with Gasteiger partial charge in [-0.05, 0) is 42.9 Å². The van der Waals surface area contributed by atoms with Crippen molar-refractivity contribution in [2.45, 2.75) is 32.1 Å². The molecule has 1 fully saturated rings. The zero-order valence-corrected chi connectivity index (χ0v) is 12.0. The largest absolute Gasteiger partial charge is 0.481 e. The summed E-state index contributed by atoms with van der Waals surface area (Å²) < 4.78 is 5.43. The number of anilines is 1. The minimum Gasteiger partial charge on any atom is -0.481 e. The molecule has 1 saturated carbocycles. The molecule has 0 spiro atoms. The SMILES string of the molecule is O=C(O)CCc1cccc(NC(=O)CCOCC2CC2)c1. The number of carboxylic acids is 1. The summed E-state index contributed by atoms with van der Waals surface area (Å²) in [4.78, 5) is 22.3. The fraction of sp³-hybridized carbons (Fsp3) is 0.500. The van der Waals surface area contributed by atoms with E-state index in [1.807, 2.05) is 18.2 Å². The molecule has 1 amide bonds. The molecule has 2 N–H and O–H groups in total. The van der Waals surface area contributed by atoms with Crippen molar-refractivity contribution in [3.8, 4) is 0 Å². The summed E-state index contributed by atoms with van der Waals surface area (Å²) in [7, 11) is 0. The van der Waals surface area contributed by atoms with Gasteiger partial charge in [0.15, 0.2) is 0 Å². The van der Waals surface area contributed by atoms with Gasteiger partial charge in [-0.3, -0.25) is 9.59 Å². The number of aryl methyl sites for hydroxylation is 1. The molecule has 0 atom stereocenters. The van der Waals surface area contributed by atoms with E-state index in [9.17, 15) is 9.59 Å². The standard InChI is InChI=1S/C16H21NO4/c18-15(8-9-21-11-13-4-5-13)17-14-3-1-2-12(10-14)6-7-16(19)20/h1-3,10,13H,4-9,11H2,(H,17,18)(H,19,20). The van der Waals surface area contributed by atoms with Crippen LogP contribution in [-0.4, -0.2) is 30.2 Å². The van der Waals surface area contributed by atoms with Gasteiger partial charge in [0.1, 0.15) is 0 Å². The summed E-state index contributed by atoms with van der Waals surface area (Å²) in [5.74, 6) is -0.197. The lowest BCUT2D eigenvalue weighted by atomic mass is 10.1. The van der Waals surface area contributed by atoms with Gasteiger partial charge in [-0.25, -0.2) is 0 Å². The minimum absolute atomic E-state index is 0.0822. The lowest BCUT2D eigenvalue weighted by molar-refractivity contribution is -0.137. The highest BCUT2D eigenvalue weighted by Crippen LogP contribution is 2.28. The molecule has 5 nitrogen and oxygen atoms in total. The van der Waals surface area contributed by atoms with Gasteiger partial charge in [-0.15, -0.1) is 0 Å². The quantitative estimate of drug-likeness (QED) is 0.685. The molecule has 114 valence electrons. The van der Waals surface area contributed by atoms with E-state index >= 15 is 0 Å². The van der Waals surface area contributed by atoms with Gasteiger partial charge in [0, 0.05) is 18.7 Å². The summed E-state index contributed by atoms with van der Waals surface area (Å²) in [5, 5.41) is 11.5. The Labute approximate surface area is 124 Å². The summed E-state index contributed by atoms with van der Waals surface area (Å²) in [6.45, 7) is 1.21. The highest BCUT2D eigenvalue weighted by molar-refractivity contribution is 5.90. The summed E-state index contributed by atoms with van der Waals surface area (Å²) >= 11 is 0. The molecule has 1 aromatic rings. The molecule has 0 aliphatic heterocycles. The van der Waals surface area contributed by atoms with Gasteiger partial charge >= 0.3 is 5.97 Å². The van der Waals surface area contributed by atoms with Crippen LogP contribution in [0.5, 0.6) is 0 Å². The third-order valence-electron chi connectivity index (χ3n) is 3.36. The predicted octanol–water partition coefficient (Wildman–Crippen LogP) is 2.46. The zero-order chi connectivity index (χ0) is 15.1. The van der Waals surface area contributed by atoms with Crippen molar-refractivity contribution in [1.29, 1.82) is 0 Å². The third kappa shape index (κ3) is 6.40. The molecular formula is C16H21NO4. The molecule has 1 aromatic carbocycles. The highest BCUT2D eigenvalue weighted by Gasteiger charge is 2.21. The maximum absolute atomic E-state index is 11.8. The van der Waals surface area contributed by atoms with Crippen molar-refractivity contribution < 1.29 is 19.4 Å². The number of amides is 1. The molecule has 0 unspecified atom stereocenters. The first kappa shape index (κ1) is 15.5. The van der Waals surface area contributed by atoms with Gasteiger partial charge in [0.25, 0.3) is 0 Å². The first-order valence-corrected chi connectivity index (χ1v) is 7.32. The normalized spacial score (nSPS) is 13.9. The number of nitrogens with one attached hydrogen (secondary N) is 1. The second-order valence-electron chi connectivity index (χ2n) is 5.41. The molecule has 0 saturated heterocycles. The molecule has 0 radical (unpaired) electrons. The Kier molecular flexibility index (Phi) is 5.75. The molecule has 0 heterocycles. The van der Waals surface area contributed by atoms with E-state index in [2.05, 4.69) is 5.32 Å². The Hall–Kier alpha value is -1.88. The summed E-state index contributed by atoms with van der Waals surface area (Å²) in [6.07, 6.45) is 3.38. The number of ether oxygens (including phenoxy) is 1. The van der Waals surface area contributed by atoms with Crippen LogP contribution in [0.1, 0.15) is 31.2 Å². The van der Waals surface area contributed by atoms with E-state index in [-0.39, 0.29) is 12.3 Å². The summed E-state index contributed by atoms with van der Waals surface area (Å²) in [5.41, 5.74) is 1.60. The van der Waals surface area contributed by atoms with E-state index in [0.717, 1.165) is 12.2 Å². The van der Waals surface area contributed by atoms with Crippen LogP contribution in [0.3, 0.4) is 0 Å². The van der Waals surface area contributed by atoms with Crippen LogP contribution in [0.2, 0.25) is 0 Å². The zero-order valence-electron chi connectivity index (χ0n) is 12.0. The Balaban J connectivity index is 1.71. The fourth-order valence-electron chi connectivity index (χ4n) is 1.98. The van der Waals surface area contributed by atoms with Crippen molar-refractivity contribution in [1.82, 2.24) is 0 Å². The average Bonchev–Trinajstić information content (AvgIpc) is 3.26. The number of rotatable bonds is 9. The van der Waals surface area contributed by atoms with Crippen LogP contribution in [0.4, 0.5) is 5.69 Å². The van der Waals surface area contributed by atoms with Crippen molar-refractivity contribution in [3.63, 3.8) is 0 Å². The van der Waals surface area contributed by atoms with Crippen molar-refractivity contribution in [3.05, 3.63) is 29.8 Å². The molecule has 21 heavy (non-hydrogen) atoms. The van der Waals surface area contributed by atoms with E-state index in [4.69, 9.17) is 9.84 Å². The first-order chi connectivity index (χ1) is 10.1. The van der Waals surface area contributed by atoms with Gasteiger partial charge in [-0.1, -0.05) is 12.1 Å². The lowest BCUT2D eigenvalue weighted by Crippen LogP contribution is -2.14. The van der Waals surface area contributed by atoms with Crippen LogP contribution >= 0.6 is 0 Å². The van der Waals surface area contributed by atoms with E-state index in [1.54, 1.807) is 6.07 Å². The van der Waals surface area contributed by atoms with Gasteiger partial charge in [0.05, 0.1) is 13.0 Å². The number of aliphatic carboxylic acids is 1. The molecule has 5 heteroatoms. The Bertz CT molecular complexity index is 497. The molecule has 1 aliphatic rings. The van der Waals surface area contributed by atoms with Crippen LogP contribution in [-0.2, 0) is 20.7 Å². The van der Waals surface area contributed by atoms with Gasteiger partial charge < -0.3 is 15.2 Å². The maximum atomic E-state index is 11.8. The maximum Gasteiger partial charge on any atom is 0.303 e.